The molecule has 1 aromatic carbocycles. The van der Waals surface area contributed by atoms with Crippen molar-refractivity contribution >= 4 is 22.9 Å². The lowest BCUT2D eigenvalue weighted by molar-refractivity contribution is 0.125. The van der Waals surface area contributed by atoms with Gasteiger partial charge < -0.3 is 4.74 Å². The Morgan fingerprint density at radius 1 is 1.47 bits per heavy atom. The minimum Gasteiger partial charge on any atom is -0.449 e. The van der Waals surface area contributed by atoms with Crippen molar-refractivity contribution in [2.24, 2.45) is 5.10 Å². The second kappa shape index (κ2) is 5.58. The maximum Gasteiger partial charge on any atom is 0.427 e. The Bertz CT molecular complexity index is 422. The zero-order valence-corrected chi connectivity index (χ0v) is 10.1. The van der Waals surface area contributed by atoms with Crippen LogP contribution in [-0.2, 0) is 4.74 Å². The number of hydrazine groups is 1. The van der Waals surface area contributed by atoms with Crippen LogP contribution in [0.15, 0.2) is 35.4 Å². The van der Waals surface area contributed by atoms with Gasteiger partial charge in [-0.05, 0) is 6.92 Å². The molecule has 0 aliphatic carbocycles. The number of carbonyl (C=O) groups is 1. The summed E-state index contributed by atoms with van der Waals surface area (Å²) < 4.78 is 4.75. The van der Waals surface area contributed by atoms with Crippen molar-refractivity contribution in [3.63, 3.8) is 0 Å². The molecule has 0 spiro atoms. The van der Waals surface area contributed by atoms with E-state index in [-0.39, 0.29) is 0 Å². The first-order valence-corrected chi connectivity index (χ1v) is 6.04. The number of ether oxygens (including phenoxy) is 1. The maximum atomic E-state index is 11.2. The molecule has 1 N–H and O–H groups in total. The highest BCUT2D eigenvalue weighted by atomic mass is 32.2. The minimum atomic E-state index is -0.512. The van der Waals surface area contributed by atoms with Gasteiger partial charge in [0.1, 0.15) is 5.04 Å². The van der Waals surface area contributed by atoms with E-state index in [9.17, 15) is 4.79 Å². The largest absolute Gasteiger partial charge is 0.449 e. The van der Waals surface area contributed by atoms with Gasteiger partial charge in [-0.2, -0.15) is 5.12 Å². The molecule has 5 nitrogen and oxygen atoms in total. The molecule has 1 radical (unpaired) electrons. The summed E-state index contributed by atoms with van der Waals surface area (Å²) in [5, 5.41) is 6.41. The lowest BCUT2D eigenvalue weighted by Gasteiger charge is -2.12. The molecule has 0 saturated heterocycles. The van der Waals surface area contributed by atoms with Crippen molar-refractivity contribution in [3.05, 3.63) is 41.8 Å². The average Bonchev–Trinajstić information content (AvgIpc) is 2.79. The Morgan fingerprint density at radius 2 is 2.24 bits per heavy atom. The molecule has 0 saturated carbocycles. The Kier molecular flexibility index (Phi) is 3.87. The summed E-state index contributed by atoms with van der Waals surface area (Å²) in [4.78, 5) is 11.2. The number of thioether (sulfide) groups is 1. The third-order valence-electron chi connectivity index (χ3n) is 1.96. The lowest BCUT2D eigenvalue weighted by Crippen LogP contribution is -2.35. The number of hydrogen-bond donors (Lipinski definition) is 1. The van der Waals surface area contributed by atoms with Crippen molar-refractivity contribution in [1.82, 2.24) is 10.5 Å². The predicted molar refractivity (Wildman–Crippen MR) is 66.9 cm³/mol. The van der Waals surface area contributed by atoms with E-state index in [1.165, 1.54) is 16.9 Å². The quantitative estimate of drug-likeness (QED) is 0.893. The van der Waals surface area contributed by atoms with Gasteiger partial charge in [-0.15, -0.1) is 5.10 Å². The summed E-state index contributed by atoms with van der Waals surface area (Å²) in [5.74, 6) is 1.71. The summed E-state index contributed by atoms with van der Waals surface area (Å²) in [6.07, 6.45) is -0.512. The van der Waals surface area contributed by atoms with Crippen molar-refractivity contribution in [2.45, 2.75) is 6.92 Å². The number of benzene rings is 1. The number of carbonyl (C=O) groups excluding carboxylic acids is 1. The molecule has 1 aliphatic heterocycles. The minimum absolute atomic E-state index is 0.335. The van der Waals surface area contributed by atoms with E-state index in [1.807, 2.05) is 30.3 Å². The van der Waals surface area contributed by atoms with Crippen molar-refractivity contribution in [1.29, 1.82) is 0 Å². The van der Waals surface area contributed by atoms with Crippen LogP contribution in [0.5, 0.6) is 0 Å². The molecule has 1 aliphatic rings. The van der Waals surface area contributed by atoms with Gasteiger partial charge in [0, 0.05) is 5.56 Å². The highest BCUT2D eigenvalue weighted by Gasteiger charge is 2.19. The molecule has 0 bridgehead atoms. The first-order chi connectivity index (χ1) is 8.29. The van der Waals surface area contributed by atoms with Gasteiger partial charge in [0.05, 0.1) is 6.61 Å². The summed E-state index contributed by atoms with van der Waals surface area (Å²) in [5.41, 5.74) is 3.50. The number of nitrogens with zero attached hydrogens (tertiary/aromatic N) is 2. The number of hydrazone groups is 1. The first-order valence-electron chi connectivity index (χ1n) is 5.16. The zero-order chi connectivity index (χ0) is 12.1. The molecular formula is C11H12N3O2S. The molecule has 0 fully saturated rings. The highest BCUT2D eigenvalue weighted by Crippen LogP contribution is 2.24. The number of rotatable bonds is 3. The SMILES string of the molecule is CCOC(=O)NN1[CH]SC(c2ccccc2)=N1. The van der Waals surface area contributed by atoms with E-state index in [4.69, 9.17) is 4.74 Å². The predicted octanol–water partition coefficient (Wildman–Crippen LogP) is 2.18. The number of nitrogens with one attached hydrogen (secondary N) is 1. The summed E-state index contributed by atoms with van der Waals surface area (Å²) in [6, 6.07) is 9.77. The van der Waals surface area contributed by atoms with Crippen LogP contribution in [-0.4, -0.2) is 22.9 Å². The van der Waals surface area contributed by atoms with Gasteiger partial charge in [-0.25, -0.2) is 10.2 Å². The molecule has 2 rings (SSSR count). The fraction of sp³-hybridized carbons (Fsp3) is 0.182. The maximum absolute atomic E-state index is 11.2. The Labute approximate surface area is 104 Å². The monoisotopic (exact) mass is 250 g/mol. The Balaban J connectivity index is 1.97. The Morgan fingerprint density at radius 3 is 2.94 bits per heavy atom. The second-order valence-electron chi connectivity index (χ2n) is 3.17. The van der Waals surface area contributed by atoms with E-state index >= 15 is 0 Å². The molecule has 17 heavy (non-hydrogen) atoms. The normalized spacial score (nSPS) is 14.4. The molecular weight excluding hydrogens is 238 g/mol. The van der Waals surface area contributed by atoms with Crippen LogP contribution in [0.2, 0.25) is 0 Å². The number of hydrogen-bond acceptors (Lipinski definition) is 5. The molecule has 1 aromatic rings. The van der Waals surface area contributed by atoms with Gasteiger partial charge in [-0.3, -0.25) is 0 Å². The van der Waals surface area contributed by atoms with Crippen LogP contribution >= 0.6 is 11.8 Å². The van der Waals surface area contributed by atoms with Crippen LogP contribution in [0, 0.1) is 5.88 Å². The molecule has 0 atom stereocenters. The Hall–Kier alpha value is -1.69. The van der Waals surface area contributed by atoms with E-state index < -0.39 is 6.09 Å². The molecule has 0 aromatic heterocycles. The van der Waals surface area contributed by atoms with Crippen LogP contribution in [0.4, 0.5) is 4.79 Å². The zero-order valence-electron chi connectivity index (χ0n) is 9.29. The summed E-state index contributed by atoms with van der Waals surface area (Å²) in [6.45, 7) is 2.09. The topological polar surface area (TPSA) is 53.9 Å². The third kappa shape index (κ3) is 3.13. The van der Waals surface area contributed by atoms with Crippen LogP contribution in [0.1, 0.15) is 12.5 Å². The van der Waals surface area contributed by atoms with Crippen LogP contribution in [0.3, 0.4) is 0 Å². The molecule has 0 unspecified atom stereocenters. The lowest BCUT2D eigenvalue weighted by atomic mass is 10.2. The summed E-state index contributed by atoms with van der Waals surface area (Å²) >= 11 is 1.44. The van der Waals surface area contributed by atoms with Crippen molar-refractivity contribution < 1.29 is 9.53 Å². The standard InChI is InChI=1S/C11H12N3O2S/c1-2-16-11(15)13-14-8-17-10(12-14)9-6-4-3-5-7-9/h3-8H,2H2,1H3,(H,13,15). The van der Waals surface area contributed by atoms with Gasteiger partial charge >= 0.3 is 6.09 Å². The van der Waals surface area contributed by atoms with Gasteiger partial charge in [0.15, 0.2) is 5.88 Å². The number of amides is 1. The van der Waals surface area contributed by atoms with Crippen molar-refractivity contribution in [2.75, 3.05) is 6.61 Å². The molecule has 1 heterocycles. The summed E-state index contributed by atoms with van der Waals surface area (Å²) in [7, 11) is 0. The molecule has 6 heteroatoms. The fourth-order valence-electron chi connectivity index (χ4n) is 1.26. The average molecular weight is 250 g/mol. The first kappa shape index (κ1) is 11.8. The van der Waals surface area contributed by atoms with E-state index in [0.29, 0.717) is 6.61 Å². The van der Waals surface area contributed by atoms with Gasteiger partial charge in [0.2, 0.25) is 0 Å². The molecule has 89 valence electrons. The third-order valence-corrected chi connectivity index (χ3v) is 2.81. The van der Waals surface area contributed by atoms with E-state index in [2.05, 4.69) is 10.5 Å². The second-order valence-corrected chi connectivity index (χ2v) is 4.00. The van der Waals surface area contributed by atoms with Crippen molar-refractivity contribution in [3.8, 4) is 0 Å². The van der Waals surface area contributed by atoms with Crippen LogP contribution in [0.25, 0.3) is 0 Å². The van der Waals surface area contributed by atoms with Crippen LogP contribution < -0.4 is 5.43 Å². The van der Waals surface area contributed by atoms with Gasteiger partial charge in [-0.1, -0.05) is 42.1 Å². The van der Waals surface area contributed by atoms with E-state index in [1.54, 1.807) is 12.8 Å². The molecule has 1 amide bonds. The van der Waals surface area contributed by atoms with E-state index in [0.717, 1.165) is 10.6 Å². The van der Waals surface area contributed by atoms with Gasteiger partial charge in [0.25, 0.3) is 0 Å². The highest BCUT2D eigenvalue weighted by molar-refractivity contribution is 8.16. The fourth-order valence-corrected chi connectivity index (χ4v) is 1.97. The smallest absolute Gasteiger partial charge is 0.427 e.